The first-order valence-corrected chi connectivity index (χ1v) is 17.8. The van der Waals surface area contributed by atoms with E-state index < -0.39 is 17.5 Å². The molecule has 4 fully saturated rings. The van der Waals surface area contributed by atoms with E-state index in [-0.39, 0.29) is 41.8 Å². The largest absolute Gasteiger partial charge is 0.461 e. The van der Waals surface area contributed by atoms with Gasteiger partial charge in [-0.1, -0.05) is 18.2 Å². The fourth-order valence-electron chi connectivity index (χ4n) is 8.78. The van der Waals surface area contributed by atoms with Gasteiger partial charge in [0.1, 0.15) is 41.3 Å². The predicted octanol–water partition coefficient (Wildman–Crippen LogP) is 5.45. The molecule has 2 N–H and O–H groups in total. The van der Waals surface area contributed by atoms with E-state index in [4.69, 9.17) is 15.5 Å². The molecule has 51 heavy (non-hydrogen) atoms. The maximum absolute atomic E-state index is 17.0. The fraction of sp³-hybridized carbons (Fsp3) is 0.389. The van der Waals surface area contributed by atoms with Gasteiger partial charge >= 0.3 is 12.0 Å². The molecular formula is C36H32F2N10O2S. The number of nitrogens with two attached hydrogens (primary N) is 1. The van der Waals surface area contributed by atoms with Gasteiger partial charge in [-0.25, -0.2) is 13.6 Å². The van der Waals surface area contributed by atoms with Crippen molar-refractivity contribution in [2.24, 2.45) is 0 Å². The van der Waals surface area contributed by atoms with Crippen LogP contribution < -0.4 is 15.4 Å². The van der Waals surface area contributed by atoms with Crippen molar-refractivity contribution in [3.63, 3.8) is 0 Å². The van der Waals surface area contributed by atoms with Crippen LogP contribution >= 0.6 is 11.3 Å². The van der Waals surface area contributed by atoms with Crippen LogP contribution in [0.4, 0.5) is 24.4 Å². The summed E-state index contributed by atoms with van der Waals surface area (Å²) in [5.41, 5.74) is 7.19. The highest BCUT2D eigenvalue weighted by molar-refractivity contribution is 7.23. The molecule has 2 aromatic carbocycles. The number of amides is 1. The van der Waals surface area contributed by atoms with E-state index in [1.807, 2.05) is 23.1 Å². The quantitative estimate of drug-likeness (QED) is 0.250. The first kappa shape index (κ1) is 31.6. The number of alkyl halides is 1. The van der Waals surface area contributed by atoms with Crippen molar-refractivity contribution in [2.45, 2.75) is 55.9 Å². The van der Waals surface area contributed by atoms with Gasteiger partial charge in [-0.3, -0.25) is 4.90 Å². The van der Waals surface area contributed by atoms with Crippen molar-refractivity contribution in [3.05, 3.63) is 59.7 Å². The molecular weight excluding hydrogens is 675 g/mol. The molecule has 258 valence electrons. The zero-order valence-corrected chi connectivity index (χ0v) is 28.2. The van der Waals surface area contributed by atoms with Crippen LogP contribution in [0.1, 0.15) is 43.2 Å². The number of piperazine rings is 1. The number of fused-ring (bicyclic) bond motifs is 5. The third kappa shape index (κ3) is 4.98. The van der Waals surface area contributed by atoms with Gasteiger partial charge in [-0.2, -0.15) is 30.3 Å². The molecule has 0 saturated carbocycles. The number of thiophene rings is 1. The predicted molar refractivity (Wildman–Crippen MR) is 187 cm³/mol. The molecule has 4 atom stereocenters. The number of hydrogen-bond acceptors (Lipinski definition) is 11. The van der Waals surface area contributed by atoms with Gasteiger partial charge in [0.2, 0.25) is 0 Å². The molecule has 12 nitrogen and oxygen atoms in total. The average Bonchev–Trinajstić information content (AvgIpc) is 3.94. The summed E-state index contributed by atoms with van der Waals surface area (Å²) in [6.45, 7) is 2.22. The number of nitrogens with zero attached hydrogens (tertiary/aromatic N) is 9. The van der Waals surface area contributed by atoms with E-state index in [2.05, 4.69) is 26.0 Å². The highest BCUT2D eigenvalue weighted by Gasteiger charge is 2.49. The minimum absolute atomic E-state index is 0.000731. The Hall–Kier alpha value is -5.38. The Bertz CT molecular complexity index is 2320. The van der Waals surface area contributed by atoms with Gasteiger partial charge in [-0.05, 0) is 49.9 Å². The van der Waals surface area contributed by atoms with E-state index in [0.29, 0.717) is 64.3 Å². The summed E-state index contributed by atoms with van der Waals surface area (Å²) in [4.78, 5) is 29.1. The summed E-state index contributed by atoms with van der Waals surface area (Å²) < 4.78 is 39.9. The molecule has 2 bridgehead atoms. The number of nitrogen functional groups attached to an aromatic ring is 1. The molecule has 4 aliphatic heterocycles. The number of carbonyl (C=O) groups excluding carboxylic acids is 1. The van der Waals surface area contributed by atoms with Crippen molar-refractivity contribution in [3.8, 4) is 29.3 Å². The zero-order chi connectivity index (χ0) is 35.0. The second-order valence-electron chi connectivity index (χ2n) is 13.9. The maximum atomic E-state index is 17.0. The van der Waals surface area contributed by atoms with E-state index in [1.165, 1.54) is 28.4 Å². The Kier molecular flexibility index (Phi) is 7.34. The van der Waals surface area contributed by atoms with E-state index in [1.54, 1.807) is 18.2 Å². The van der Waals surface area contributed by atoms with Crippen LogP contribution in [0.5, 0.6) is 6.01 Å². The van der Waals surface area contributed by atoms with Crippen LogP contribution in [0.25, 0.3) is 32.1 Å². The first-order chi connectivity index (χ1) is 24.8. The Morgan fingerprint density at radius 2 is 1.92 bits per heavy atom. The minimum atomic E-state index is -0.933. The van der Waals surface area contributed by atoms with Crippen molar-refractivity contribution in [1.29, 1.82) is 10.5 Å². The van der Waals surface area contributed by atoms with Gasteiger partial charge in [0.15, 0.2) is 5.82 Å². The molecule has 4 saturated heterocycles. The van der Waals surface area contributed by atoms with Crippen LogP contribution in [0.3, 0.4) is 0 Å². The standard InChI is InChI=1S/C36H32F2N10O2S/c37-21-11-36(9-2-10-46(36)16-21)19-50-34-43-31-26(8-7-25(30(31)38)24-3-1-4-28-29(24)27(13-40)32(41)51-28)33(44-34)45-17-22-5-6-23(18-45)48(22)35(49)47-15-20(12-39)14-42-47/h1,3-4,7-8,14-15,21-23H,2,5-6,9-11,16-19,41H2/t21-,22?,23?,36+/m1/s1. The van der Waals surface area contributed by atoms with Gasteiger partial charge in [0, 0.05) is 47.1 Å². The topological polar surface area (TPSA) is 153 Å². The van der Waals surface area contributed by atoms with Crippen molar-refractivity contribution in [2.75, 3.05) is 43.4 Å². The monoisotopic (exact) mass is 706 g/mol. The van der Waals surface area contributed by atoms with Crippen LogP contribution in [-0.4, -0.2) is 92.2 Å². The Morgan fingerprint density at radius 1 is 1.10 bits per heavy atom. The third-order valence-electron chi connectivity index (χ3n) is 11.1. The third-order valence-corrected chi connectivity index (χ3v) is 12.0. The van der Waals surface area contributed by atoms with Crippen LogP contribution in [0, 0.1) is 28.5 Å². The second kappa shape index (κ2) is 11.9. The van der Waals surface area contributed by atoms with Crippen molar-refractivity contribution >= 4 is 49.2 Å². The number of carbonyl (C=O) groups is 1. The van der Waals surface area contributed by atoms with Gasteiger partial charge in [0.25, 0.3) is 0 Å². The molecule has 0 spiro atoms. The number of rotatable bonds is 5. The minimum Gasteiger partial charge on any atom is -0.461 e. The molecule has 1 amide bonds. The smallest absolute Gasteiger partial charge is 0.345 e. The summed E-state index contributed by atoms with van der Waals surface area (Å²) in [5.74, 6) is -0.0992. The number of halogens is 2. The van der Waals surface area contributed by atoms with Gasteiger partial charge in [-0.15, -0.1) is 11.3 Å². The van der Waals surface area contributed by atoms with Gasteiger partial charge < -0.3 is 20.3 Å². The van der Waals surface area contributed by atoms with Crippen LogP contribution in [0.15, 0.2) is 42.7 Å². The van der Waals surface area contributed by atoms with Crippen molar-refractivity contribution < 1.29 is 18.3 Å². The number of benzene rings is 2. The van der Waals surface area contributed by atoms with E-state index in [9.17, 15) is 19.7 Å². The summed E-state index contributed by atoms with van der Waals surface area (Å²) in [5, 5.41) is 24.7. The van der Waals surface area contributed by atoms with Gasteiger partial charge in [0.05, 0.1) is 41.1 Å². The lowest BCUT2D eigenvalue weighted by Gasteiger charge is -2.41. The van der Waals surface area contributed by atoms with Crippen molar-refractivity contribution in [1.82, 2.24) is 29.5 Å². The molecule has 5 aromatic rings. The number of ether oxygens (including phenoxy) is 1. The van der Waals surface area contributed by atoms with Crippen LogP contribution in [-0.2, 0) is 0 Å². The van der Waals surface area contributed by atoms with Crippen LogP contribution in [0.2, 0.25) is 0 Å². The summed E-state index contributed by atoms with van der Waals surface area (Å²) in [6.07, 6.45) is 5.51. The lowest BCUT2D eigenvalue weighted by atomic mass is 9.95. The number of nitriles is 2. The lowest BCUT2D eigenvalue weighted by Crippen LogP contribution is -2.57. The zero-order valence-electron chi connectivity index (χ0n) is 27.4. The number of anilines is 2. The fourth-order valence-corrected chi connectivity index (χ4v) is 9.73. The number of aromatic nitrogens is 4. The Morgan fingerprint density at radius 3 is 2.69 bits per heavy atom. The molecule has 0 radical (unpaired) electrons. The molecule has 4 aliphatic rings. The molecule has 7 heterocycles. The average molecular weight is 707 g/mol. The highest BCUT2D eigenvalue weighted by Crippen LogP contribution is 2.44. The van der Waals surface area contributed by atoms with E-state index in [0.717, 1.165) is 36.9 Å². The Labute approximate surface area is 295 Å². The molecule has 15 heteroatoms. The summed E-state index contributed by atoms with van der Waals surface area (Å²) in [6, 6.07) is 12.5. The lowest BCUT2D eigenvalue weighted by molar-refractivity contribution is 0.107. The highest BCUT2D eigenvalue weighted by atomic mass is 32.1. The SMILES string of the molecule is N#Cc1cnn(C(=O)N2C3CCC2CN(c2nc(OC[C@@]45CCCN4C[C@H](F)C5)nc4c(F)c(-c5cccc6sc(N)c(C#N)c56)ccc24)C3)c1. The molecule has 3 aromatic heterocycles. The molecule has 0 aliphatic carbocycles. The number of hydrogen-bond donors (Lipinski definition) is 1. The molecule has 2 unspecified atom stereocenters. The normalized spacial score (nSPS) is 24.3. The van der Waals surface area contributed by atoms with E-state index >= 15 is 4.39 Å². The maximum Gasteiger partial charge on any atom is 0.345 e. The molecule has 9 rings (SSSR count). The summed E-state index contributed by atoms with van der Waals surface area (Å²) >= 11 is 1.28. The second-order valence-corrected chi connectivity index (χ2v) is 15.0. The summed E-state index contributed by atoms with van der Waals surface area (Å²) in [7, 11) is 0. The Balaban J connectivity index is 1.12. The first-order valence-electron chi connectivity index (χ1n) is 17.0.